The molecule has 0 saturated carbocycles. The molecule has 3 rings (SSSR count). The number of amides is 1. The molecule has 1 aromatic rings. The Morgan fingerprint density at radius 3 is 2.95 bits per heavy atom. The van der Waals surface area contributed by atoms with Gasteiger partial charge in [0.05, 0.1) is 13.0 Å². The lowest BCUT2D eigenvalue weighted by Gasteiger charge is -2.30. The molecule has 0 N–H and O–H groups in total. The number of fused-ring (bicyclic) bond motifs is 1. The zero-order chi connectivity index (χ0) is 13.2. The van der Waals surface area contributed by atoms with E-state index in [1.165, 1.54) is 5.56 Å². The van der Waals surface area contributed by atoms with Crippen LogP contribution in [-0.2, 0) is 17.6 Å². The van der Waals surface area contributed by atoms with Crippen LogP contribution in [0.2, 0.25) is 0 Å². The summed E-state index contributed by atoms with van der Waals surface area (Å²) in [6, 6.07) is 6.16. The van der Waals surface area contributed by atoms with Gasteiger partial charge in [-0.2, -0.15) is 0 Å². The van der Waals surface area contributed by atoms with E-state index in [1.54, 1.807) is 0 Å². The van der Waals surface area contributed by atoms with E-state index in [9.17, 15) is 4.79 Å². The Balaban J connectivity index is 1.63. The Morgan fingerprint density at radius 2 is 2.16 bits per heavy atom. The van der Waals surface area contributed by atoms with Crippen molar-refractivity contribution in [3.05, 3.63) is 29.3 Å². The summed E-state index contributed by atoms with van der Waals surface area (Å²) in [6.45, 7) is 4.89. The fourth-order valence-corrected chi connectivity index (χ4v) is 2.89. The number of nitrogens with zero attached hydrogens (tertiary/aromatic N) is 1. The van der Waals surface area contributed by atoms with Crippen LogP contribution < -0.4 is 4.74 Å². The van der Waals surface area contributed by atoms with Crippen LogP contribution in [0.15, 0.2) is 18.2 Å². The smallest absolute Gasteiger partial charge is 0.226 e. The first-order valence-corrected chi connectivity index (χ1v) is 7.25. The number of piperidine rings is 1. The normalized spacial score (nSPS) is 19.1. The Bertz CT molecular complexity index is 476. The molecule has 1 aromatic carbocycles. The second-order valence-electron chi connectivity index (χ2n) is 5.78. The molecule has 1 amide bonds. The van der Waals surface area contributed by atoms with Crippen LogP contribution in [-0.4, -0.2) is 30.5 Å². The minimum absolute atomic E-state index is 0.269. The van der Waals surface area contributed by atoms with Crippen molar-refractivity contribution < 1.29 is 9.53 Å². The van der Waals surface area contributed by atoms with Gasteiger partial charge in [-0.05, 0) is 36.0 Å². The van der Waals surface area contributed by atoms with Crippen LogP contribution >= 0.6 is 0 Å². The number of hydrogen-bond acceptors (Lipinski definition) is 2. The average Bonchev–Trinajstić information content (AvgIpc) is 2.87. The summed E-state index contributed by atoms with van der Waals surface area (Å²) >= 11 is 0. The van der Waals surface area contributed by atoms with Gasteiger partial charge < -0.3 is 9.64 Å². The van der Waals surface area contributed by atoms with Gasteiger partial charge in [0.2, 0.25) is 5.91 Å². The Morgan fingerprint density at radius 1 is 1.37 bits per heavy atom. The first kappa shape index (κ1) is 12.5. The van der Waals surface area contributed by atoms with E-state index >= 15 is 0 Å². The molecule has 0 spiro atoms. The number of hydrogen-bond donors (Lipinski definition) is 0. The molecule has 2 aliphatic rings. The minimum atomic E-state index is 0.269. The van der Waals surface area contributed by atoms with Crippen LogP contribution in [0.5, 0.6) is 5.75 Å². The highest BCUT2D eigenvalue weighted by atomic mass is 16.5. The summed E-state index contributed by atoms with van der Waals surface area (Å²) in [5, 5.41) is 0. The maximum absolute atomic E-state index is 12.3. The largest absolute Gasteiger partial charge is 0.493 e. The van der Waals surface area contributed by atoms with Gasteiger partial charge in [-0.25, -0.2) is 0 Å². The molecule has 102 valence electrons. The van der Waals surface area contributed by atoms with Gasteiger partial charge in [-0.15, -0.1) is 0 Å². The summed E-state index contributed by atoms with van der Waals surface area (Å²) in [5.74, 6) is 2.02. The van der Waals surface area contributed by atoms with Gasteiger partial charge >= 0.3 is 0 Å². The zero-order valence-electron chi connectivity index (χ0n) is 11.5. The molecule has 0 radical (unpaired) electrons. The van der Waals surface area contributed by atoms with Gasteiger partial charge in [0.15, 0.2) is 0 Å². The molecular formula is C16H21NO2. The number of benzene rings is 1. The lowest BCUT2D eigenvalue weighted by atomic mass is 9.98. The summed E-state index contributed by atoms with van der Waals surface area (Å²) in [5.41, 5.74) is 2.37. The standard InChI is InChI=1S/C16H21NO2/c1-12-4-7-17(8-5-12)16(18)11-13-2-3-15-14(10-13)6-9-19-15/h2-3,10,12H,4-9,11H2,1H3. The molecule has 0 aromatic heterocycles. The summed E-state index contributed by atoms with van der Waals surface area (Å²) in [6.07, 6.45) is 3.79. The van der Waals surface area contributed by atoms with Crippen molar-refractivity contribution in [2.75, 3.05) is 19.7 Å². The van der Waals surface area contributed by atoms with Crippen LogP contribution in [0.3, 0.4) is 0 Å². The molecule has 2 aliphatic heterocycles. The molecule has 0 aliphatic carbocycles. The summed E-state index contributed by atoms with van der Waals surface area (Å²) in [4.78, 5) is 14.3. The topological polar surface area (TPSA) is 29.5 Å². The maximum atomic E-state index is 12.3. The van der Waals surface area contributed by atoms with Crippen LogP contribution in [0, 0.1) is 5.92 Å². The lowest BCUT2D eigenvalue weighted by Crippen LogP contribution is -2.38. The van der Waals surface area contributed by atoms with Crippen molar-refractivity contribution in [1.29, 1.82) is 0 Å². The number of carbonyl (C=O) groups is 1. The number of ether oxygens (including phenoxy) is 1. The molecule has 0 atom stereocenters. The molecule has 1 saturated heterocycles. The van der Waals surface area contributed by atoms with E-state index in [-0.39, 0.29) is 5.91 Å². The first-order chi connectivity index (χ1) is 9.22. The van der Waals surface area contributed by atoms with Gasteiger partial charge in [0, 0.05) is 19.5 Å². The van der Waals surface area contributed by atoms with Crippen LogP contribution in [0.25, 0.3) is 0 Å². The third-order valence-corrected chi connectivity index (χ3v) is 4.25. The van der Waals surface area contributed by atoms with Gasteiger partial charge in [-0.3, -0.25) is 4.79 Å². The fourth-order valence-electron chi connectivity index (χ4n) is 2.89. The minimum Gasteiger partial charge on any atom is -0.493 e. The maximum Gasteiger partial charge on any atom is 0.226 e. The van der Waals surface area contributed by atoms with E-state index in [4.69, 9.17) is 4.74 Å². The summed E-state index contributed by atoms with van der Waals surface area (Å²) < 4.78 is 5.49. The molecule has 1 fully saturated rings. The third kappa shape index (κ3) is 2.75. The van der Waals surface area contributed by atoms with Crippen molar-refractivity contribution in [2.24, 2.45) is 5.92 Å². The summed E-state index contributed by atoms with van der Waals surface area (Å²) in [7, 11) is 0. The number of likely N-dealkylation sites (tertiary alicyclic amines) is 1. The highest BCUT2D eigenvalue weighted by molar-refractivity contribution is 5.79. The van der Waals surface area contributed by atoms with E-state index in [2.05, 4.69) is 13.0 Å². The monoisotopic (exact) mass is 259 g/mol. The molecule has 2 heterocycles. The second-order valence-corrected chi connectivity index (χ2v) is 5.78. The molecule has 0 unspecified atom stereocenters. The molecular weight excluding hydrogens is 238 g/mol. The van der Waals surface area contributed by atoms with E-state index in [0.717, 1.165) is 56.2 Å². The van der Waals surface area contributed by atoms with Crippen molar-refractivity contribution in [3.63, 3.8) is 0 Å². The highest BCUT2D eigenvalue weighted by Gasteiger charge is 2.21. The number of rotatable bonds is 2. The quantitative estimate of drug-likeness (QED) is 0.816. The second kappa shape index (κ2) is 5.24. The third-order valence-electron chi connectivity index (χ3n) is 4.25. The van der Waals surface area contributed by atoms with E-state index < -0.39 is 0 Å². The van der Waals surface area contributed by atoms with Crippen molar-refractivity contribution in [2.45, 2.75) is 32.6 Å². The Kier molecular flexibility index (Phi) is 3.45. The predicted octanol–water partition coefficient (Wildman–Crippen LogP) is 2.42. The number of carbonyl (C=O) groups excluding carboxylic acids is 1. The Hall–Kier alpha value is -1.51. The molecule has 19 heavy (non-hydrogen) atoms. The predicted molar refractivity (Wildman–Crippen MR) is 74.3 cm³/mol. The van der Waals surface area contributed by atoms with Crippen molar-refractivity contribution in [3.8, 4) is 5.75 Å². The van der Waals surface area contributed by atoms with Crippen molar-refractivity contribution >= 4 is 5.91 Å². The SMILES string of the molecule is CC1CCN(C(=O)Cc2ccc3c(c2)CCO3)CC1. The van der Waals surface area contributed by atoms with Gasteiger partial charge in [-0.1, -0.05) is 19.1 Å². The highest BCUT2D eigenvalue weighted by Crippen LogP contribution is 2.26. The molecule has 0 bridgehead atoms. The molecule has 3 heteroatoms. The van der Waals surface area contributed by atoms with Gasteiger partial charge in [0.25, 0.3) is 0 Å². The van der Waals surface area contributed by atoms with Crippen LogP contribution in [0.4, 0.5) is 0 Å². The average molecular weight is 259 g/mol. The lowest BCUT2D eigenvalue weighted by molar-refractivity contribution is -0.131. The zero-order valence-corrected chi connectivity index (χ0v) is 11.5. The van der Waals surface area contributed by atoms with Crippen LogP contribution in [0.1, 0.15) is 30.9 Å². The fraction of sp³-hybridized carbons (Fsp3) is 0.562. The van der Waals surface area contributed by atoms with E-state index in [1.807, 2.05) is 17.0 Å². The van der Waals surface area contributed by atoms with Crippen molar-refractivity contribution in [1.82, 2.24) is 4.90 Å². The Labute approximate surface area is 114 Å². The van der Waals surface area contributed by atoms with Gasteiger partial charge in [0.1, 0.15) is 5.75 Å². The first-order valence-electron chi connectivity index (χ1n) is 7.25. The molecule has 3 nitrogen and oxygen atoms in total. The van der Waals surface area contributed by atoms with E-state index in [0.29, 0.717) is 6.42 Å².